The minimum Gasteiger partial charge on any atom is -0.309 e. The minimum absolute atomic E-state index is 0.943. The van der Waals surface area contributed by atoms with Crippen LogP contribution in [0.2, 0.25) is 0 Å². The molecule has 0 aliphatic carbocycles. The Hall–Kier alpha value is -5.98. The standard InChI is InChI=1S/C40H25N5S/c1-2-14-39-36(13-1)44-40(46-39)34-23-38-33(22-31(34)29-10-7-18-42-25-29)32-21-26(28-9-6-17-41-24-28)15-16-37(32)45(38)30-11-5-8-27(20-30)35-12-3-4-19-43-35/h1-25H. The van der Waals surface area contributed by atoms with E-state index in [1.54, 1.807) is 11.3 Å². The lowest BCUT2D eigenvalue weighted by Gasteiger charge is -2.12. The van der Waals surface area contributed by atoms with Crippen LogP contribution < -0.4 is 0 Å². The zero-order valence-electron chi connectivity index (χ0n) is 24.6. The van der Waals surface area contributed by atoms with E-state index in [-0.39, 0.29) is 0 Å². The molecule has 9 aromatic rings. The molecule has 0 saturated heterocycles. The third-order valence-corrected chi connectivity index (χ3v) is 9.53. The smallest absolute Gasteiger partial charge is 0.125 e. The first-order valence-corrected chi connectivity index (χ1v) is 15.9. The average molecular weight is 608 g/mol. The zero-order valence-corrected chi connectivity index (χ0v) is 25.4. The molecule has 0 aliphatic rings. The fourth-order valence-electron chi connectivity index (χ4n) is 6.32. The average Bonchev–Trinajstić information content (AvgIpc) is 3.71. The first-order chi connectivity index (χ1) is 22.8. The number of aromatic nitrogens is 5. The maximum atomic E-state index is 5.11. The fraction of sp³-hybridized carbons (Fsp3) is 0. The van der Waals surface area contributed by atoms with Crippen LogP contribution in [-0.2, 0) is 0 Å². The van der Waals surface area contributed by atoms with Gasteiger partial charge in [0.25, 0.3) is 0 Å². The van der Waals surface area contributed by atoms with Gasteiger partial charge in [-0.1, -0.05) is 48.5 Å². The molecule has 0 spiro atoms. The molecule has 5 heterocycles. The Labute approximate surface area is 269 Å². The van der Waals surface area contributed by atoms with E-state index in [0.29, 0.717) is 0 Å². The summed E-state index contributed by atoms with van der Waals surface area (Å²) >= 11 is 1.72. The van der Waals surface area contributed by atoms with Crippen molar-refractivity contribution in [2.45, 2.75) is 0 Å². The van der Waals surface area contributed by atoms with E-state index in [1.807, 2.05) is 61.3 Å². The second-order valence-corrected chi connectivity index (χ2v) is 12.2. The van der Waals surface area contributed by atoms with Gasteiger partial charge in [-0.15, -0.1) is 11.3 Å². The van der Waals surface area contributed by atoms with E-state index in [0.717, 1.165) is 71.7 Å². The summed E-state index contributed by atoms with van der Waals surface area (Å²) in [5.41, 5.74) is 11.8. The van der Waals surface area contributed by atoms with Crippen LogP contribution in [0.1, 0.15) is 0 Å². The highest BCUT2D eigenvalue weighted by Gasteiger charge is 2.20. The highest BCUT2D eigenvalue weighted by atomic mass is 32.1. The molecule has 0 amide bonds. The molecule has 6 heteroatoms. The first-order valence-electron chi connectivity index (χ1n) is 15.1. The summed E-state index contributed by atoms with van der Waals surface area (Å²) in [6.07, 6.45) is 9.33. The molecule has 46 heavy (non-hydrogen) atoms. The van der Waals surface area contributed by atoms with Crippen LogP contribution in [0.5, 0.6) is 0 Å². The van der Waals surface area contributed by atoms with Gasteiger partial charge in [0.2, 0.25) is 0 Å². The van der Waals surface area contributed by atoms with Gasteiger partial charge in [-0.2, -0.15) is 0 Å². The summed E-state index contributed by atoms with van der Waals surface area (Å²) in [4.78, 5) is 18.6. The molecule has 216 valence electrons. The molecule has 9 rings (SSSR count). The molecular weight excluding hydrogens is 583 g/mol. The summed E-state index contributed by atoms with van der Waals surface area (Å²) in [7, 11) is 0. The van der Waals surface area contributed by atoms with Gasteiger partial charge in [0.1, 0.15) is 5.01 Å². The molecule has 0 atom stereocenters. The van der Waals surface area contributed by atoms with Crippen LogP contribution in [0, 0.1) is 0 Å². The number of pyridine rings is 3. The van der Waals surface area contributed by atoms with Crippen molar-refractivity contribution in [2.75, 3.05) is 0 Å². The van der Waals surface area contributed by atoms with Gasteiger partial charge in [0.15, 0.2) is 0 Å². The lowest BCUT2D eigenvalue weighted by Crippen LogP contribution is -1.96. The Morgan fingerprint density at radius 3 is 2.13 bits per heavy atom. The molecular formula is C40H25N5S. The molecule has 0 fully saturated rings. The van der Waals surface area contributed by atoms with Crippen molar-refractivity contribution in [1.29, 1.82) is 0 Å². The quantitative estimate of drug-likeness (QED) is 0.195. The second kappa shape index (κ2) is 10.9. The monoisotopic (exact) mass is 607 g/mol. The number of rotatable bonds is 5. The number of nitrogens with zero attached hydrogens (tertiary/aromatic N) is 5. The lowest BCUT2D eigenvalue weighted by molar-refractivity contribution is 1.18. The van der Waals surface area contributed by atoms with Crippen LogP contribution in [0.15, 0.2) is 152 Å². The molecule has 5 nitrogen and oxygen atoms in total. The van der Waals surface area contributed by atoms with Crippen molar-refractivity contribution in [1.82, 2.24) is 24.5 Å². The fourth-order valence-corrected chi connectivity index (χ4v) is 7.32. The highest BCUT2D eigenvalue weighted by molar-refractivity contribution is 7.21. The topological polar surface area (TPSA) is 56.5 Å². The molecule has 0 saturated carbocycles. The number of hydrogen-bond acceptors (Lipinski definition) is 5. The van der Waals surface area contributed by atoms with E-state index >= 15 is 0 Å². The van der Waals surface area contributed by atoms with Crippen molar-refractivity contribution in [3.63, 3.8) is 0 Å². The van der Waals surface area contributed by atoms with Crippen LogP contribution >= 0.6 is 11.3 Å². The summed E-state index contributed by atoms with van der Waals surface area (Å²) in [6.45, 7) is 0. The molecule has 0 aliphatic heterocycles. The van der Waals surface area contributed by atoms with Crippen LogP contribution in [0.25, 0.3) is 81.8 Å². The Bertz CT molecular complexity index is 2490. The molecule has 0 radical (unpaired) electrons. The number of fused-ring (bicyclic) bond motifs is 4. The van der Waals surface area contributed by atoms with E-state index in [4.69, 9.17) is 4.98 Å². The van der Waals surface area contributed by atoms with Gasteiger partial charge in [-0.3, -0.25) is 15.0 Å². The normalized spacial score (nSPS) is 11.5. The van der Waals surface area contributed by atoms with E-state index < -0.39 is 0 Å². The third kappa shape index (κ3) is 4.47. The number of benzene rings is 4. The Kier molecular flexibility index (Phi) is 6.25. The van der Waals surface area contributed by atoms with E-state index in [9.17, 15) is 0 Å². The van der Waals surface area contributed by atoms with Crippen molar-refractivity contribution >= 4 is 43.4 Å². The lowest BCUT2D eigenvalue weighted by atomic mass is 9.97. The minimum atomic E-state index is 0.943. The molecule has 0 bridgehead atoms. The van der Waals surface area contributed by atoms with Gasteiger partial charge in [0.05, 0.1) is 26.9 Å². The molecule has 0 N–H and O–H groups in total. The molecule has 4 aromatic carbocycles. The van der Waals surface area contributed by atoms with E-state index in [1.165, 1.54) is 10.1 Å². The van der Waals surface area contributed by atoms with Crippen molar-refractivity contribution in [2.24, 2.45) is 0 Å². The second-order valence-electron chi connectivity index (χ2n) is 11.2. The van der Waals surface area contributed by atoms with Crippen molar-refractivity contribution < 1.29 is 0 Å². The van der Waals surface area contributed by atoms with Gasteiger partial charge < -0.3 is 4.57 Å². The SMILES string of the molecule is c1ccc(-c2cccc(-n3c4ccc(-c5cccnc5)cc4c4cc(-c5cccnc5)c(-c5nc6ccccc6s5)cc43)c2)nc1. The maximum absolute atomic E-state index is 5.11. The van der Waals surface area contributed by atoms with Gasteiger partial charge in [0, 0.05) is 69.7 Å². The molecule has 0 unspecified atom stereocenters. The predicted molar refractivity (Wildman–Crippen MR) is 189 cm³/mol. The molecule has 5 aromatic heterocycles. The Balaban J connectivity index is 1.38. The predicted octanol–water partition coefficient (Wildman–Crippen LogP) is 10.2. The maximum Gasteiger partial charge on any atom is 0.125 e. The number of para-hydroxylation sites is 1. The summed E-state index contributed by atoms with van der Waals surface area (Å²) in [5, 5.41) is 3.31. The summed E-state index contributed by atoms with van der Waals surface area (Å²) in [6, 6.07) is 42.5. The first kappa shape index (κ1) is 26.4. The zero-order chi connectivity index (χ0) is 30.5. The van der Waals surface area contributed by atoms with Crippen molar-refractivity contribution in [3.8, 4) is 49.8 Å². The summed E-state index contributed by atoms with van der Waals surface area (Å²) < 4.78 is 3.54. The Morgan fingerprint density at radius 1 is 0.522 bits per heavy atom. The largest absolute Gasteiger partial charge is 0.309 e. The van der Waals surface area contributed by atoms with Crippen molar-refractivity contribution in [3.05, 3.63) is 152 Å². The van der Waals surface area contributed by atoms with Gasteiger partial charge in [-0.05, 0) is 83.9 Å². The van der Waals surface area contributed by atoms with Crippen LogP contribution in [-0.4, -0.2) is 24.5 Å². The Morgan fingerprint density at radius 2 is 1.33 bits per heavy atom. The third-order valence-electron chi connectivity index (χ3n) is 8.46. The highest BCUT2D eigenvalue weighted by Crippen LogP contribution is 2.43. The van der Waals surface area contributed by atoms with Gasteiger partial charge >= 0.3 is 0 Å². The van der Waals surface area contributed by atoms with Crippen LogP contribution in [0.3, 0.4) is 0 Å². The summed E-state index contributed by atoms with van der Waals surface area (Å²) in [5.74, 6) is 0. The van der Waals surface area contributed by atoms with Crippen LogP contribution in [0.4, 0.5) is 0 Å². The number of thiazole rings is 1. The number of hydrogen-bond donors (Lipinski definition) is 0. The van der Waals surface area contributed by atoms with Gasteiger partial charge in [-0.25, -0.2) is 4.98 Å². The van der Waals surface area contributed by atoms with E-state index in [2.05, 4.69) is 111 Å².